The molecule has 0 spiro atoms. The summed E-state index contributed by atoms with van der Waals surface area (Å²) in [6, 6.07) is 9.76. The summed E-state index contributed by atoms with van der Waals surface area (Å²) in [7, 11) is 5.80. The summed E-state index contributed by atoms with van der Waals surface area (Å²) >= 11 is 0. The molecule has 0 heterocycles. The summed E-state index contributed by atoms with van der Waals surface area (Å²) in [5.41, 5.74) is 2.40. The number of methoxy groups -OCH3 is 4. The number of amides is 2. The molecule has 2 aromatic rings. The molecule has 0 aliphatic rings. The average Bonchev–Trinajstić information content (AvgIpc) is 2.91. The van der Waals surface area contributed by atoms with Crippen molar-refractivity contribution in [1.29, 1.82) is 0 Å². The third-order valence-corrected chi connectivity index (χ3v) is 5.85. The minimum Gasteiger partial charge on any atom is -0.497 e. The van der Waals surface area contributed by atoms with Crippen LogP contribution in [0.4, 0.5) is 9.59 Å². The van der Waals surface area contributed by atoms with Gasteiger partial charge < -0.3 is 28.4 Å². The highest BCUT2D eigenvalue weighted by Crippen LogP contribution is 2.37. The second kappa shape index (κ2) is 14.0. The van der Waals surface area contributed by atoms with Gasteiger partial charge in [-0.15, -0.1) is 0 Å². The molecule has 0 radical (unpaired) electrons. The molecule has 0 aliphatic heterocycles. The highest BCUT2D eigenvalue weighted by molar-refractivity contribution is 5.94. The molecule has 37 heavy (non-hydrogen) atoms. The minimum atomic E-state index is -1.36. The van der Waals surface area contributed by atoms with Gasteiger partial charge in [-0.3, -0.25) is 0 Å². The average molecular weight is 518 g/mol. The predicted octanol–water partition coefficient (Wildman–Crippen LogP) is 4.56. The fraction of sp³-hybridized carbons (Fsp3) is 0.444. The molecule has 2 rings (SSSR count). The van der Waals surface area contributed by atoms with E-state index in [0.717, 1.165) is 11.1 Å². The molecule has 0 saturated heterocycles. The lowest BCUT2D eigenvalue weighted by atomic mass is 9.86. The third-order valence-electron chi connectivity index (χ3n) is 5.85. The molecule has 2 aromatic carbocycles. The molecule has 2 amide bonds. The maximum Gasteiger partial charge on any atom is 0.420 e. The first kappa shape index (κ1) is 29.3. The summed E-state index contributed by atoms with van der Waals surface area (Å²) < 4.78 is 31.4. The Morgan fingerprint density at radius 3 is 1.81 bits per heavy atom. The highest BCUT2D eigenvalue weighted by Gasteiger charge is 2.39. The van der Waals surface area contributed by atoms with Crippen molar-refractivity contribution in [2.45, 2.75) is 39.2 Å². The van der Waals surface area contributed by atoms with Crippen molar-refractivity contribution in [1.82, 2.24) is 4.90 Å². The fourth-order valence-electron chi connectivity index (χ4n) is 3.93. The van der Waals surface area contributed by atoms with Gasteiger partial charge in [-0.25, -0.2) is 14.4 Å². The minimum absolute atomic E-state index is 0.00125. The van der Waals surface area contributed by atoms with Crippen LogP contribution >= 0.6 is 0 Å². The predicted molar refractivity (Wildman–Crippen MR) is 135 cm³/mol. The summed E-state index contributed by atoms with van der Waals surface area (Å²) in [5.74, 6) is 0.653. The monoisotopic (exact) mass is 517 g/mol. The van der Waals surface area contributed by atoms with E-state index in [1.54, 1.807) is 27.0 Å². The van der Waals surface area contributed by atoms with Crippen LogP contribution in [0.1, 0.15) is 43.4 Å². The number of hydrogen-bond donors (Lipinski definition) is 0. The first-order valence-electron chi connectivity index (χ1n) is 11.8. The molecule has 0 N–H and O–H groups in total. The number of hydrogen-bond acceptors (Lipinski definition) is 9. The van der Waals surface area contributed by atoms with Crippen LogP contribution in [0.25, 0.3) is 0 Å². The zero-order chi connectivity index (χ0) is 27.5. The van der Waals surface area contributed by atoms with Crippen LogP contribution in [0.3, 0.4) is 0 Å². The Balaban J connectivity index is 2.66. The molecule has 0 aromatic heterocycles. The maximum atomic E-state index is 12.9. The Kier molecular flexibility index (Phi) is 11.0. The summed E-state index contributed by atoms with van der Waals surface area (Å²) in [4.78, 5) is 39.1. The van der Waals surface area contributed by atoms with Crippen LogP contribution in [0.2, 0.25) is 0 Å². The third kappa shape index (κ3) is 7.05. The van der Waals surface area contributed by atoms with Crippen molar-refractivity contribution in [3.8, 4) is 17.2 Å². The van der Waals surface area contributed by atoms with E-state index < -0.39 is 24.2 Å². The number of nitrogens with zero attached hydrogens (tertiary/aromatic N) is 1. The van der Waals surface area contributed by atoms with Crippen molar-refractivity contribution < 1.29 is 42.8 Å². The van der Waals surface area contributed by atoms with Crippen molar-refractivity contribution >= 4 is 18.2 Å². The van der Waals surface area contributed by atoms with Gasteiger partial charge in [0.1, 0.15) is 11.8 Å². The SMILES string of the molecule is CCOC(=O)N(C(=O)OCC)C(Cc1cc(OC)c(OC)cc1C(C)c1ccc(OC)cc1)C(=O)OC. The van der Waals surface area contributed by atoms with Gasteiger partial charge in [0.25, 0.3) is 0 Å². The Morgan fingerprint density at radius 2 is 1.35 bits per heavy atom. The van der Waals surface area contributed by atoms with Gasteiger partial charge in [0.15, 0.2) is 11.5 Å². The lowest BCUT2D eigenvalue weighted by Gasteiger charge is -2.28. The molecule has 0 fully saturated rings. The lowest BCUT2D eigenvalue weighted by Crippen LogP contribution is -2.50. The molecular formula is C27H35NO9. The van der Waals surface area contributed by atoms with E-state index >= 15 is 0 Å². The van der Waals surface area contributed by atoms with Gasteiger partial charge in [0.05, 0.1) is 41.7 Å². The zero-order valence-corrected chi connectivity index (χ0v) is 22.4. The molecule has 0 saturated carbocycles. The van der Waals surface area contributed by atoms with Gasteiger partial charge >= 0.3 is 18.2 Å². The first-order valence-corrected chi connectivity index (χ1v) is 11.8. The van der Waals surface area contributed by atoms with E-state index in [9.17, 15) is 14.4 Å². The van der Waals surface area contributed by atoms with Gasteiger partial charge in [-0.05, 0) is 54.8 Å². The lowest BCUT2D eigenvalue weighted by molar-refractivity contribution is -0.145. The van der Waals surface area contributed by atoms with Crippen molar-refractivity contribution in [2.75, 3.05) is 41.7 Å². The number of ether oxygens (including phenoxy) is 6. The zero-order valence-electron chi connectivity index (χ0n) is 22.4. The van der Waals surface area contributed by atoms with E-state index in [0.29, 0.717) is 27.7 Å². The van der Waals surface area contributed by atoms with Gasteiger partial charge in [-0.2, -0.15) is 4.90 Å². The van der Waals surface area contributed by atoms with Crippen LogP contribution in [0.15, 0.2) is 36.4 Å². The van der Waals surface area contributed by atoms with E-state index in [1.165, 1.54) is 21.3 Å². The van der Waals surface area contributed by atoms with Crippen LogP contribution in [-0.4, -0.2) is 70.8 Å². The number of benzene rings is 2. The molecule has 10 heteroatoms. The summed E-state index contributed by atoms with van der Waals surface area (Å²) in [6.07, 6.45) is -2.11. The van der Waals surface area contributed by atoms with Crippen LogP contribution < -0.4 is 14.2 Å². The maximum absolute atomic E-state index is 12.9. The molecular weight excluding hydrogens is 482 g/mol. The fourth-order valence-corrected chi connectivity index (χ4v) is 3.93. The molecule has 2 atom stereocenters. The Labute approximate surface area is 217 Å². The quantitative estimate of drug-likeness (QED) is 0.313. The normalized spacial score (nSPS) is 12.1. The number of imide groups is 1. The Bertz CT molecular complexity index is 1050. The molecule has 202 valence electrons. The van der Waals surface area contributed by atoms with Gasteiger partial charge in [0.2, 0.25) is 0 Å². The van der Waals surface area contributed by atoms with E-state index in [-0.39, 0.29) is 25.6 Å². The van der Waals surface area contributed by atoms with Crippen molar-refractivity contribution in [3.05, 3.63) is 53.1 Å². The number of esters is 1. The number of rotatable bonds is 11. The number of carbonyl (C=O) groups excluding carboxylic acids is 3. The largest absolute Gasteiger partial charge is 0.497 e. The smallest absolute Gasteiger partial charge is 0.420 e. The standard InChI is InChI=1S/C27H35NO9/c1-8-36-26(30)28(27(31)37-9-2)22(25(29)35-7)14-19-15-23(33-5)24(34-6)16-21(19)17(3)18-10-12-20(32-4)13-11-18/h10-13,15-17,22H,8-9,14H2,1-7H3. The number of carbonyl (C=O) groups is 3. The summed E-state index contributed by atoms with van der Waals surface area (Å²) in [6.45, 7) is 5.18. The van der Waals surface area contributed by atoms with Crippen LogP contribution in [0.5, 0.6) is 17.2 Å². The topological polar surface area (TPSA) is 110 Å². The van der Waals surface area contributed by atoms with E-state index in [4.69, 9.17) is 28.4 Å². The highest BCUT2D eigenvalue weighted by atomic mass is 16.6. The van der Waals surface area contributed by atoms with Gasteiger partial charge in [-0.1, -0.05) is 19.1 Å². The molecule has 10 nitrogen and oxygen atoms in total. The molecule has 0 bridgehead atoms. The Morgan fingerprint density at radius 1 is 0.811 bits per heavy atom. The van der Waals surface area contributed by atoms with E-state index in [1.807, 2.05) is 37.3 Å². The second-order valence-corrected chi connectivity index (χ2v) is 7.91. The first-order chi connectivity index (χ1) is 17.8. The Hall–Kier alpha value is -3.95. The van der Waals surface area contributed by atoms with Crippen LogP contribution in [-0.2, 0) is 25.4 Å². The van der Waals surface area contributed by atoms with Crippen LogP contribution in [0, 0.1) is 0 Å². The molecule has 2 unspecified atom stereocenters. The molecule has 0 aliphatic carbocycles. The van der Waals surface area contributed by atoms with Gasteiger partial charge in [0, 0.05) is 12.3 Å². The van der Waals surface area contributed by atoms with E-state index in [2.05, 4.69) is 0 Å². The summed E-state index contributed by atoms with van der Waals surface area (Å²) in [5, 5.41) is 0. The second-order valence-electron chi connectivity index (χ2n) is 7.91. The van der Waals surface area contributed by atoms with Crippen molar-refractivity contribution in [3.63, 3.8) is 0 Å². The van der Waals surface area contributed by atoms with Crippen molar-refractivity contribution in [2.24, 2.45) is 0 Å².